The molecule has 5 rings (SSSR count). The third kappa shape index (κ3) is 5.67. The zero-order chi connectivity index (χ0) is 24.4. The summed E-state index contributed by atoms with van der Waals surface area (Å²) in [7, 11) is 0. The molecule has 1 saturated carbocycles. The van der Waals surface area contributed by atoms with E-state index < -0.39 is 0 Å². The maximum absolute atomic E-state index is 12.9. The molecule has 2 aromatic rings. The van der Waals surface area contributed by atoms with Gasteiger partial charge >= 0.3 is 0 Å². The molecule has 1 aromatic carbocycles. The summed E-state index contributed by atoms with van der Waals surface area (Å²) < 4.78 is 0. The maximum atomic E-state index is 12.9. The third-order valence-corrected chi connectivity index (χ3v) is 8.00. The summed E-state index contributed by atoms with van der Waals surface area (Å²) in [5, 5.41) is 0. The lowest BCUT2D eigenvalue weighted by molar-refractivity contribution is -0.134. The Morgan fingerprint density at radius 1 is 0.886 bits per heavy atom. The van der Waals surface area contributed by atoms with Crippen LogP contribution in [0, 0.1) is 0 Å². The van der Waals surface area contributed by atoms with Crippen LogP contribution in [-0.2, 0) is 10.2 Å². The van der Waals surface area contributed by atoms with Gasteiger partial charge in [-0.05, 0) is 23.8 Å². The molecule has 2 aliphatic heterocycles. The van der Waals surface area contributed by atoms with Crippen molar-refractivity contribution in [2.75, 3.05) is 63.8 Å². The lowest BCUT2D eigenvalue weighted by Crippen LogP contribution is -2.56. The van der Waals surface area contributed by atoms with Crippen molar-refractivity contribution < 1.29 is 4.79 Å². The molecule has 7 heteroatoms. The van der Waals surface area contributed by atoms with Crippen molar-refractivity contribution in [2.24, 2.45) is 0 Å². The van der Waals surface area contributed by atoms with Crippen molar-refractivity contribution in [3.8, 4) is 11.3 Å². The number of amides is 1. The van der Waals surface area contributed by atoms with Gasteiger partial charge in [0, 0.05) is 64.0 Å². The summed E-state index contributed by atoms with van der Waals surface area (Å²) in [6, 6.07) is 9.41. The second-order valence-corrected chi connectivity index (χ2v) is 11.4. The van der Waals surface area contributed by atoms with Gasteiger partial charge in [-0.1, -0.05) is 51.5 Å². The van der Waals surface area contributed by atoms with E-state index in [0.717, 1.165) is 75.5 Å². The van der Waals surface area contributed by atoms with E-state index in [1.807, 2.05) is 12.4 Å². The standard InChI is InChI=1S/C28H40N6O/c1-28(2,3)23-9-7-22(8-10-23)25-19-30-26(20-29-25)33-13-11-31(12-14-33)21-27(35)34-17-15-32(16-18-34)24-5-4-6-24/h7-10,19-20,24H,4-6,11-18,21H2,1-3H3. The van der Waals surface area contributed by atoms with Gasteiger partial charge < -0.3 is 9.80 Å². The normalized spacial score (nSPS) is 20.7. The summed E-state index contributed by atoms with van der Waals surface area (Å²) in [4.78, 5) is 31.5. The van der Waals surface area contributed by atoms with E-state index in [9.17, 15) is 4.79 Å². The van der Waals surface area contributed by atoms with E-state index in [-0.39, 0.29) is 11.3 Å². The minimum absolute atomic E-state index is 0.144. The second kappa shape index (κ2) is 10.2. The average Bonchev–Trinajstić information content (AvgIpc) is 2.84. The average molecular weight is 477 g/mol. The number of carbonyl (C=O) groups excluding carboxylic acids is 1. The van der Waals surface area contributed by atoms with Crippen molar-refractivity contribution in [1.82, 2.24) is 24.7 Å². The van der Waals surface area contributed by atoms with Crippen LogP contribution in [0.5, 0.6) is 0 Å². The van der Waals surface area contributed by atoms with E-state index in [0.29, 0.717) is 6.54 Å². The van der Waals surface area contributed by atoms with Crippen LogP contribution >= 0.6 is 0 Å². The lowest BCUT2D eigenvalue weighted by Gasteiger charge is -2.43. The van der Waals surface area contributed by atoms with Crippen molar-refractivity contribution in [3.05, 3.63) is 42.2 Å². The Balaban J connectivity index is 1.08. The van der Waals surface area contributed by atoms with E-state index in [1.165, 1.54) is 24.8 Å². The molecule has 35 heavy (non-hydrogen) atoms. The summed E-state index contributed by atoms with van der Waals surface area (Å²) in [5.41, 5.74) is 3.45. The highest BCUT2D eigenvalue weighted by Crippen LogP contribution is 2.27. The first-order chi connectivity index (χ1) is 16.9. The van der Waals surface area contributed by atoms with Crippen molar-refractivity contribution in [2.45, 2.75) is 51.5 Å². The molecule has 3 fully saturated rings. The number of hydrogen-bond acceptors (Lipinski definition) is 6. The van der Waals surface area contributed by atoms with Crippen LogP contribution in [0.3, 0.4) is 0 Å². The summed E-state index contributed by atoms with van der Waals surface area (Å²) >= 11 is 0. The zero-order valence-corrected chi connectivity index (χ0v) is 21.6. The molecule has 0 radical (unpaired) electrons. The van der Waals surface area contributed by atoms with Gasteiger partial charge in [-0.2, -0.15) is 0 Å². The van der Waals surface area contributed by atoms with E-state index in [4.69, 9.17) is 9.97 Å². The number of nitrogens with zero attached hydrogens (tertiary/aromatic N) is 6. The molecule has 1 aliphatic carbocycles. The van der Waals surface area contributed by atoms with Crippen molar-refractivity contribution >= 4 is 11.7 Å². The molecule has 0 spiro atoms. The SMILES string of the molecule is CC(C)(C)c1ccc(-c2cnc(N3CCN(CC(=O)N4CCN(C5CCC5)CC4)CC3)cn2)cc1. The highest BCUT2D eigenvalue weighted by atomic mass is 16.2. The number of rotatable bonds is 5. The Morgan fingerprint density at radius 2 is 1.57 bits per heavy atom. The van der Waals surface area contributed by atoms with Crippen LogP contribution in [-0.4, -0.2) is 95.5 Å². The molecular weight excluding hydrogens is 436 g/mol. The fourth-order valence-electron chi connectivity index (χ4n) is 5.29. The first-order valence-electron chi connectivity index (χ1n) is 13.3. The van der Waals surface area contributed by atoms with Crippen molar-refractivity contribution in [1.29, 1.82) is 0 Å². The maximum Gasteiger partial charge on any atom is 0.236 e. The Bertz CT molecular complexity index is 980. The molecule has 1 aromatic heterocycles. The van der Waals surface area contributed by atoms with E-state index in [2.05, 4.69) is 64.6 Å². The highest BCUT2D eigenvalue weighted by Gasteiger charge is 2.30. The summed E-state index contributed by atoms with van der Waals surface area (Å²) in [6.45, 7) is 14.6. The van der Waals surface area contributed by atoms with Gasteiger partial charge in [-0.3, -0.25) is 19.6 Å². The smallest absolute Gasteiger partial charge is 0.236 e. The van der Waals surface area contributed by atoms with Gasteiger partial charge in [0.2, 0.25) is 5.91 Å². The number of benzene rings is 1. The molecular formula is C28H40N6O. The molecule has 0 N–H and O–H groups in total. The molecule has 2 saturated heterocycles. The Morgan fingerprint density at radius 3 is 2.11 bits per heavy atom. The fourth-order valence-corrected chi connectivity index (χ4v) is 5.29. The predicted molar refractivity (Wildman–Crippen MR) is 141 cm³/mol. The Labute approximate surface area is 210 Å². The van der Waals surface area contributed by atoms with Gasteiger partial charge in [-0.25, -0.2) is 4.98 Å². The van der Waals surface area contributed by atoms with Crippen LogP contribution < -0.4 is 4.90 Å². The quantitative estimate of drug-likeness (QED) is 0.660. The van der Waals surface area contributed by atoms with Crippen LogP contribution in [0.4, 0.5) is 5.82 Å². The van der Waals surface area contributed by atoms with E-state index >= 15 is 0 Å². The number of aromatic nitrogens is 2. The molecule has 0 unspecified atom stereocenters. The molecule has 3 heterocycles. The fraction of sp³-hybridized carbons (Fsp3) is 0.607. The number of anilines is 1. The van der Waals surface area contributed by atoms with Crippen LogP contribution in [0.2, 0.25) is 0 Å². The molecule has 1 amide bonds. The highest BCUT2D eigenvalue weighted by molar-refractivity contribution is 5.78. The third-order valence-electron chi connectivity index (χ3n) is 8.00. The Kier molecular flexibility index (Phi) is 7.07. The van der Waals surface area contributed by atoms with Gasteiger partial charge in [0.25, 0.3) is 0 Å². The first-order valence-corrected chi connectivity index (χ1v) is 13.3. The molecule has 188 valence electrons. The number of hydrogen-bond donors (Lipinski definition) is 0. The Hall–Kier alpha value is -2.51. The number of piperazine rings is 2. The molecule has 3 aliphatic rings. The largest absolute Gasteiger partial charge is 0.353 e. The van der Waals surface area contributed by atoms with Crippen molar-refractivity contribution in [3.63, 3.8) is 0 Å². The minimum atomic E-state index is 0.144. The topological polar surface area (TPSA) is 55.8 Å². The summed E-state index contributed by atoms with van der Waals surface area (Å²) in [6.07, 6.45) is 7.82. The van der Waals surface area contributed by atoms with Gasteiger partial charge in [-0.15, -0.1) is 0 Å². The van der Waals surface area contributed by atoms with Gasteiger partial charge in [0.1, 0.15) is 5.82 Å². The molecule has 7 nitrogen and oxygen atoms in total. The minimum Gasteiger partial charge on any atom is -0.353 e. The van der Waals surface area contributed by atoms with Crippen LogP contribution in [0.1, 0.15) is 45.6 Å². The van der Waals surface area contributed by atoms with Gasteiger partial charge in [0.05, 0.1) is 24.6 Å². The van der Waals surface area contributed by atoms with Crippen LogP contribution in [0.15, 0.2) is 36.7 Å². The number of carbonyl (C=O) groups is 1. The second-order valence-electron chi connectivity index (χ2n) is 11.4. The summed E-state index contributed by atoms with van der Waals surface area (Å²) in [5.74, 6) is 1.20. The van der Waals surface area contributed by atoms with E-state index in [1.54, 1.807) is 0 Å². The zero-order valence-electron chi connectivity index (χ0n) is 21.6. The molecule has 0 atom stereocenters. The first kappa shape index (κ1) is 24.2. The van der Waals surface area contributed by atoms with Crippen LogP contribution in [0.25, 0.3) is 11.3 Å². The predicted octanol–water partition coefficient (Wildman–Crippen LogP) is 3.26. The molecule has 0 bridgehead atoms. The van der Waals surface area contributed by atoms with Gasteiger partial charge in [0.15, 0.2) is 0 Å². The monoisotopic (exact) mass is 476 g/mol. The lowest BCUT2D eigenvalue weighted by atomic mass is 9.86.